The minimum absolute atomic E-state index is 0.0534. The van der Waals surface area contributed by atoms with Gasteiger partial charge in [-0.15, -0.1) is 11.3 Å². The van der Waals surface area contributed by atoms with E-state index in [2.05, 4.69) is 9.88 Å². The molecule has 1 amide bonds. The fourth-order valence-corrected chi connectivity index (χ4v) is 4.37. The Morgan fingerprint density at radius 2 is 2.12 bits per heavy atom. The zero-order valence-electron chi connectivity index (χ0n) is 14.7. The predicted octanol–water partition coefficient (Wildman–Crippen LogP) is 5.01. The Morgan fingerprint density at radius 3 is 2.85 bits per heavy atom. The molecular weight excluding hydrogens is 386 g/mol. The van der Waals surface area contributed by atoms with E-state index in [1.165, 1.54) is 11.3 Å². The fraction of sp³-hybridized carbons (Fsp3) is 0.263. The predicted molar refractivity (Wildman–Crippen MR) is 114 cm³/mol. The Morgan fingerprint density at radius 1 is 1.27 bits per heavy atom. The van der Waals surface area contributed by atoms with E-state index in [1.807, 2.05) is 55.9 Å². The van der Waals surface area contributed by atoms with Gasteiger partial charge in [0.25, 0.3) is 5.91 Å². The van der Waals surface area contributed by atoms with Crippen molar-refractivity contribution in [2.24, 2.45) is 0 Å². The molecule has 0 aliphatic heterocycles. The van der Waals surface area contributed by atoms with Gasteiger partial charge in [-0.05, 0) is 62.8 Å². The number of hydrogen-bond acceptors (Lipinski definition) is 5. The van der Waals surface area contributed by atoms with E-state index in [0.717, 1.165) is 28.1 Å². The standard InChI is InChI=1S/C19H20ClN3OS2/c1-22(2)10-4-11-23(18(24)9-7-15-5-3-12-25-15)19-21-16-8-6-14(20)13-17(16)26-19/h3,5-9,12-13H,4,10-11H2,1-2H3/b9-7+. The highest BCUT2D eigenvalue weighted by molar-refractivity contribution is 7.22. The van der Waals surface area contributed by atoms with Crippen LogP contribution in [-0.2, 0) is 4.79 Å². The van der Waals surface area contributed by atoms with Crippen molar-refractivity contribution in [2.45, 2.75) is 6.42 Å². The number of aromatic nitrogens is 1. The molecule has 0 unspecified atom stereocenters. The number of halogens is 1. The van der Waals surface area contributed by atoms with Crippen molar-refractivity contribution in [1.29, 1.82) is 0 Å². The number of thiophene rings is 1. The van der Waals surface area contributed by atoms with Gasteiger partial charge in [0.05, 0.1) is 10.2 Å². The Hall–Kier alpha value is -1.73. The number of carbonyl (C=O) groups is 1. The lowest BCUT2D eigenvalue weighted by molar-refractivity contribution is -0.114. The number of rotatable bonds is 7. The van der Waals surface area contributed by atoms with Crippen LogP contribution >= 0.6 is 34.3 Å². The third-order valence-corrected chi connectivity index (χ3v) is 5.87. The van der Waals surface area contributed by atoms with Gasteiger partial charge in [-0.25, -0.2) is 4.98 Å². The van der Waals surface area contributed by atoms with Crippen LogP contribution in [-0.4, -0.2) is 43.0 Å². The molecule has 2 aromatic heterocycles. The summed E-state index contributed by atoms with van der Waals surface area (Å²) in [5.41, 5.74) is 0.863. The lowest BCUT2D eigenvalue weighted by Gasteiger charge is -2.19. The first kappa shape index (κ1) is 19.0. The topological polar surface area (TPSA) is 36.4 Å². The zero-order chi connectivity index (χ0) is 18.5. The van der Waals surface area contributed by atoms with Crippen molar-refractivity contribution in [2.75, 3.05) is 32.1 Å². The van der Waals surface area contributed by atoms with E-state index in [4.69, 9.17) is 11.6 Å². The number of thiazole rings is 1. The van der Waals surface area contributed by atoms with E-state index >= 15 is 0 Å². The summed E-state index contributed by atoms with van der Waals surface area (Å²) in [4.78, 5) is 22.4. The molecule has 1 aromatic carbocycles. The van der Waals surface area contributed by atoms with Crippen molar-refractivity contribution in [3.05, 3.63) is 51.7 Å². The van der Waals surface area contributed by atoms with Gasteiger partial charge in [0, 0.05) is 22.5 Å². The summed E-state index contributed by atoms with van der Waals surface area (Å²) in [6.45, 7) is 1.54. The highest BCUT2D eigenvalue weighted by Gasteiger charge is 2.18. The zero-order valence-corrected chi connectivity index (χ0v) is 17.1. The summed E-state index contributed by atoms with van der Waals surface area (Å²) >= 11 is 9.18. The largest absolute Gasteiger partial charge is 0.309 e. The second-order valence-electron chi connectivity index (χ2n) is 6.10. The smallest absolute Gasteiger partial charge is 0.252 e. The second kappa shape index (κ2) is 8.77. The van der Waals surface area contributed by atoms with Crippen LogP contribution in [0, 0.1) is 0 Å². The van der Waals surface area contributed by atoms with Crippen LogP contribution in [0.4, 0.5) is 5.13 Å². The summed E-state index contributed by atoms with van der Waals surface area (Å²) in [5, 5.41) is 3.38. The lowest BCUT2D eigenvalue weighted by Crippen LogP contribution is -2.32. The number of hydrogen-bond donors (Lipinski definition) is 0. The molecule has 2 heterocycles. The molecule has 0 bridgehead atoms. The van der Waals surface area contributed by atoms with E-state index in [0.29, 0.717) is 16.7 Å². The van der Waals surface area contributed by atoms with Crippen molar-refractivity contribution < 1.29 is 4.79 Å². The third kappa shape index (κ3) is 4.92. The number of carbonyl (C=O) groups excluding carboxylic acids is 1. The molecule has 3 aromatic rings. The average Bonchev–Trinajstić information content (AvgIpc) is 3.25. The Bertz CT molecular complexity index is 903. The van der Waals surface area contributed by atoms with Gasteiger partial charge >= 0.3 is 0 Å². The van der Waals surface area contributed by atoms with Gasteiger partial charge in [-0.2, -0.15) is 0 Å². The number of amides is 1. The Balaban J connectivity index is 1.84. The molecule has 0 N–H and O–H groups in total. The van der Waals surface area contributed by atoms with Crippen LogP contribution in [0.1, 0.15) is 11.3 Å². The molecule has 0 radical (unpaired) electrons. The fourth-order valence-electron chi connectivity index (χ4n) is 2.48. The molecule has 0 saturated heterocycles. The summed E-state index contributed by atoms with van der Waals surface area (Å²) in [7, 11) is 4.06. The van der Waals surface area contributed by atoms with Crippen LogP contribution in [0.5, 0.6) is 0 Å². The first-order chi connectivity index (χ1) is 12.5. The maximum absolute atomic E-state index is 12.8. The molecule has 0 spiro atoms. The SMILES string of the molecule is CN(C)CCCN(C(=O)/C=C/c1cccs1)c1nc2ccc(Cl)cc2s1. The monoisotopic (exact) mass is 405 g/mol. The van der Waals surface area contributed by atoms with Gasteiger partial charge in [0.15, 0.2) is 5.13 Å². The molecule has 0 saturated carbocycles. The number of fused-ring (bicyclic) bond motifs is 1. The minimum atomic E-state index is -0.0534. The van der Waals surface area contributed by atoms with E-state index in [-0.39, 0.29) is 5.91 Å². The van der Waals surface area contributed by atoms with Crippen LogP contribution < -0.4 is 4.90 Å². The van der Waals surface area contributed by atoms with Crippen LogP contribution in [0.3, 0.4) is 0 Å². The van der Waals surface area contributed by atoms with Crippen molar-refractivity contribution >= 4 is 61.6 Å². The molecule has 0 fully saturated rings. The van der Waals surface area contributed by atoms with Gasteiger partial charge < -0.3 is 4.90 Å². The molecule has 7 heteroatoms. The Kier molecular flexibility index (Phi) is 6.43. The maximum Gasteiger partial charge on any atom is 0.252 e. The number of benzene rings is 1. The highest BCUT2D eigenvalue weighted by atomic mass is 35.5. The van der Waals surface area contributed by atoms with Crippen molar-refractivity contribution in [3.63, 3.8) is 0 Å². The summed E-state index contributed by atoms with van der Waals surface area (Å²) in [5.74, 6) is -0.0534. The molecule has 3 rings (SSSR count). The molecule has 0 atom stereocenters. The van der Waals surface area contributed by atoms with Gasteiger partial charge in [0.2, 0.25) is 0 Å². The third-order valence-electron chi connectivity index (χ3n) is 3.76. The Labute approximate surface area is 166 Å². The minimum Gasteiger partial charge on any atom is -0.309 e. The number of nitrogens with zero attached hydrogens (tertiary/aromatic N) is 3. The lowest BCUT2D eigenvalue weighted by atomic mass is 10.3. The molecular formula is C19H20ClN3OS2. The molecule has 0 aliphatic carbocycles. The number of anilines is 1. The van der Waals surface area contributed by atoms with Gasteiger partial charge in [-0.3, -0.25) is 9.69 Å². The van der Waals surface area contributed by atoms with Crippen molar-refractivity contribution in [3.8, 4) is 0 Å². The first-order valence-corrected chi connectivity index (χ1v) is 10.3. The first-order valence-electron chi connectivity index (χ1n) is 8.27. The van der Waals surface area contributed by atoms with Crippen LogP contribution in [0.25, 0.3) is 16.3 Å². The highest BCUT2D eigenvalue weighted by Crippen LogP contribution is 2.31. The summed E-state index contributed by atoms with van der Waals surface area (Å²) in [6, 6.07) is 9.57. The average molecular weight is 406 g/mol. The molecule has 26 heavy (non-hydrogen) atoms. The summed E-state index contributed by atoms with van der Waals surface area (Å²) in [6.07, 6.45) is 4.36. The van der Waals surface area contributed by atoms with Gasteiger partial charge in [0.1, 0.15) is 0 Å². The van der Waals surface area contributed by atoms with Crippen LogP contribution in [0.15, 0.2) is 41.8 Å². The normalized spacial score (nSPS) is 11.7. The van der Waals surface area contributed by atoms with Gasteiger partial charge in [-0.1, -0.05) is 29.0 Å². The summed E-state index contributed by atoms with van der Waals surface area (Å²) < 4.78 is 0.986. The maximum atomic E-state index is 12.8. The van der Waals surface area contributed by atoms with Crippen LogP contribution in [0.2, 0.25) is 5.02 Å². The molecule has 4 nitrogen and oxygen atoms in total. The molecule has 0 aliphatic rings. The van der Waals surface area contributed by atoms with Crippen molar-refractivity contribution in [1.82, 2.24) is 9.88 Å². The van der Waals surface area contributed by atoms with E-state index < -0.39 is 0 Å². The van der Waals surface area contributed by atoms with E-state index in [9.17, 15) is 4.79 Å². The second-order valence-corrected chi connectivity index (χ2v) is 8.53. The van der Waals surface area contributed by atoms with E-state index in [1.54, 1.807) is 22.3 Å². The molecule has 136 valence electrons. The quantitative estimate of drug-likeness (QED) is 0.518.